The molecule has 0 saturated heterocycles. The van der Waals surface area contributed by atoms with Crippen LogP contribution in [0.2, 0.25) is 5.02 Å². The third-order valence-corrected chi connectivity index (χ3v) is 4.18. The van der Waals surface area contributed by atoms with Crippen LogP contribution in [0.3, 0.4) is 0 Å². The van der Waals surface area contributed by atoms with Crippen LogP contribution in [0, 0.1) is 0 Å². The Morgan fingerprint density at radius 3 is 2.66 bits per heavy atom. The molecule has 0 radical (unpaired) electrons. The second-order valence-corrected chi connectivity index (χ2v) is 6.36. The first kappa shape index (κ1) is 20.6. The monoisotopic (exact) mass is 422 g/mol. The maximum absolute atomic E-state index is 12.5. The highest BCUT2D eigenvalue weighted by Crippen LogP contribution is 2.37. The molecular weight excluding hydrogens is 406 g/mol. The van der Waals surface area contributed by atoms with Gasteiger partial charge in [-0.15, -0.1) is 0 Å². The van der Waals surface area contributed by atoms with Crippen molar-refractivity contribution in [1.82, 2.24) is 9.78 Å². The number of alkyl halides is 2. The van der Waals surface area contributed by atoms with Crippen molar-refractivity contribution in [2.75, 3.05) is 7.11 Å². The van der Waals surface area contributed by atoms with Crippen LogP contribution in [-0.4, -0.2) is 29.5 Å². The van der Waals surface area contributed by atoms with Crippen molar-refractivity contribution in [3.8, 4) is 17.2 Å². The molecule has 0 atom stereocenters. The molecule has 29 heavy (non-hydrogen) atoms. The van der Waals surface area contributed by atoms with E-state index in [2.05, 4.69) is 9.84 Å². The number of benzene rings is 2. The van der Waals surface area contributed by atoms with Crippen LogP contribution in [0.4, 0.5) is 8.78 Å². The van der Waals surface area contributed by atoms with Gasteiger partial charge in [0.05, 0.1) is 30.4 Å². The average Bonchev–Trinajstić information content (AvgIpc) is 3.17. The van der Waals surface area contributed by atoms with Gasteiger partial charge < -0.3 is 14.2 Å². The molecule has 3 aromatic rings. The van der Waals surface area contributed by atoms with Crippen molar-refractivity contribution in [2.45, 2.75) is 19.6 Å². The summed E-state index contributed by atoms with van der Waals surface area (Å²) in [7, 11) is 1.30. The topological polar surface area (TPSA) is 62.6 Å². The highest BCUT2D eigenvalue weighted by Gasteiger charge is 2.17. The number of esters is 1. The summed E-state index contributed by atoms with van der Waals surface area (Å²) in [6.07, 6.45) is 3.36. The number of carbonyl (C=O) groups excluding carboxylic acids is 1. The Morgan fingerprint density at radius 2 is 1.97 bits per heavy atom. The third kappa shape index (κ3) is 5.45. The summed E-state index contributed by atoms with van der Waals surface area (Å²) in [5, 5.41) is 4.16. The number of hydrogen-bond donors (Lipinski definition) is 0. The van der Waals surface area contributed by atoms with Gasteiger partial charge in [-0.3, -0.25) is 4.79 Å². The van der Waals surface area contributed by atoms with Crippen molar-refractivity contribution in [3.05, 3.63) is 71.0 Å². The summed E-state index contributed by atoms with van der Waals surface area (Å²) >= 11 is 5.97. The number of aromatic nitrogens is 2. The summed E-state index contributed by atoms with van der Waals surface area (Å²) in [6.45, 7) is -3.14. The number of rotatable bonds is 8. The standard InChI is InChI=1S/C20H17ClF2N2O4/c1-27-17-8-13(7-16(21)19(17)29-20(22)23)12-28-18(26)9-14-10-24-25(11-14)15-5-3-2-4-6-15/h2-8,10-11,20H,9,12H2,1H3. The minimum Gasteiger partial charge on any atom is -0.493 e. The number of ether oxygens (including phenoxy) is 3. The van der Waals surface area contributed by atoms with Crippen LogP contribution in [0.1, 0.15) is 11.1 Å². The van der Waals surface area contributed by atoms with E-state index in [1.165, 1.54) is 19.2 Å². The molecule has 0 aliphatic carbocycles. The second-order valence-electron chi connectivity index (χ2n) is 5.95. The molecule has 1 heterocycles. The molecule has 0 bridgehead atoms. The summed E-state index contributed by atoms with van der Waals surface area (Å²) in [5.41, 5.74) is 2.04. The van der Waals surface area contributed by atoms with Gasteiger partial charge in [0, 0.05) is 11.8 Å². The molecule has 0 fully saturated rings. The molecule has 6 nitrogen and oxygen atoms in total. The second kappa shape index (κ2) is 9.38. The zero-order valence-corrected chi connectivity index (χ0v) is 16.1. The van der Waals surface area contributed by atoms with E-state index in [0.29, 0.717) is 11.1 Å². The van der Waals surface area contributed by atoms with Crippen LogP contribution in [0.15, 0.2) is 54.9 Å². The quantitative estimate of drug-likeness (QED) is 0.503. The predicted molar refractivity (Wildman–Crippen MR) is 102 cm³/mol. The summed E-state index contributed by atoms with van der Waals surface area (Å²) in [6, 6.07) is 12.3. The lowest BCUT2D eigenvalue weighted by Crippen LogP contribution is -2.08. The molecule has 0 spiro atoms. The van der Waals surface area contributed by atoms with E-state index in [-0.39, 0.29) is 29.5 Å². The number of hydrogen-bond acceptors (Lipinski definition) is 5. The van der Waals surface area contributed by atoms with Gasteiger partial charge >= 0.3 is 12.6 Å². The van der Waals surface area contributed by atoms with E-state index in [1.54, 1.807) is 17.1 Å². The van der Waals surface area contributed by atoms with Crippen LogP contribution in [0.25, 0.3) is 5.69 Å². The van der Waals surface area contributed by atoms with Gasteiger partial charge in [-0.2, -0.15) is 13.9 Å². The van der Waals surface area contributed by atoms with Crippen LogP contribution in [-0.2, 0) is 22.6 Å². The first-order valence-corrected chi connectivity index (χ1v) is 8.90. The smallest absolute Gasteiger partial charge is 0.387 e. The average molecular weight is 423 g/mol. The molecule has 152 valence electrons. The Hall–Kier alpha value is -3.13. The molecule has 1 aromatic heterocycles. The summed E-state index contributed by atoms with van der Waals surface area (Å²) in [4.78, 5) is 12.1. The number of carbonyl (C=O) groups is 1. The first-order chi connectivity index (χ1) is 14.0. The number of para-hydroxylation sites is 1. The Kier molecular flexibility index (Phi) is 6.66. The van der Waals surface area contributed by atoms with Crippen molar-refractivity contribution >= 4 is 17.6 Å². The minimum absolute atomic E-state index is 0.0213. The lowest BCUT2D eigenvalue weighted by Gasteiger charge is -2.13. The Morgan fingerprint density at radius 1 is 1.21 bits per heavy atom. The minimum atomic E-state index is -3.04. The zero-order chi connectivity index (χ0) is 20.8. The molecule has 0 aliphatic rings. The van der Waals surface area contributed by atoms with E-state index < -0.39 is 12.6 Å². The Balaban J connectivity index is 1.61. The largest absolute Gasteiger partial charge is 0.493 e. The fraction of sp³-hybridized carbons (Fsp3) is 0.200. The predicted octanol–water partition coefficient (Wildman–Crippen LogP) is 4.42. The summed E-state index contributed by atoms with van der Waals surface area (Å²) < 4.78 is 41.2. The first-order valence-electron chi connectivity index (χ1n) is 8.52. The molecule has 0 aliphatic heterocycles. The van der Waals surface area contributed by atoms with Crippen molar-refractivity contribution in [3.63, 3.8) is 0 Å². The Bertz CT molecular complexity index is 980. The van der Waals surface area contributed by atoms with Crippen LogP contribution in [0.5, 0.6) is 11.5 Å². The number of halogens is 3. The van der Waals surface area contributed by atoms with Gasteiger partial charge in [0.1, 0.15) is 6.61 Å². The van der Waals surface area contributed by atoms with Gasteiger partial charge in [-0.1, -0.05) is 29.8 Å². The molecule has 0 unspecified atom stereocenters. The van der Waals surface area contributed by atoms with Crippen LogP contribution >= 0.6 is 11.6 Å². The number of nitrogens with zero attached hydrogens (tertiary/aromatic N) is 2. The molecule has 3 rings (SSSR count). The van der Waals surface area contributed by atoms with Gasteiger partial charge in [-0.05, 0) is 29.8 Å². The third-order valence-electron chi connectivity index (χ3n) is 3.90. The fourth-order valence-corrected chi connectivity index (χ4v) is 2.89. The molecule has 0 N–H and O–H groups in total. The fourth-order valence-electron chi connectivity index (χ4n) is 2.61. The van der Waals surface area contributed by atoms with Crippen LogP contribution < -0.4 is 9.47 Å². The summed E-state index contributed by atoms with van der Waals surface area (Å²) in [5.74, 6) is -0.721. The van der Waals surface area contributed by atoms with E-state index in [4.69, 9.17) is 21.1 Å². The lowest BCUT2D eigenvalue weighted by atomic mass is 10.2. The molecule has 0 amide bonds. The molecular formula is C20H17ClF2N2O4. The highest BCUT2D eigenvalue weighted by atomic mass is 35.5. The zero-order valence-electron chi connectivity index (χ0n) is 15.3. The van der Waals surface area contributed by atoms with E-state index in [0.717, 1.165) is 5.69 Å². The maximum atomic E-state index is 12.5. The van der Waals surface area contributed by atoms with Gasteiger partial charge in [-0.25, -0.2) is 4.68 Å². The Labute approximate surface area is 170 Å². The van der Waals surface area contributed by atoms with E-state index >= 15 is 0 Å². The SMILES string of the molecule is COc1cc(COC(=O)Cc2cnn(-c3ccccc3)c2)cc(Cl)c1OC(F)F. The highest BCUT2D eigenvalue weighted by molar-refractivity contribution is 6.32. The van der Waals surface area contributed by atoms with E-state index in [9.17, 15) is 13.6 Å². The van der Waals surface area contributed by atoms with Crippen molar-refractivity contribution < 1.29 is 27.8 Å². The van der Waals surface area contributed by atoms with Gasteiger partial charge in [0.25, 0.3) is 0 Å². The molecule has 2 aromatic carbocycles. The van der Waals surface area contributed by atoms with Gasteiger partial charge in [0.2, 0.25) is 0 Å². The van der Waals surface area contributed by atoms with Gasteiger partial charge in [0.15, 0.2) is 11.5 Å². The number of methoxy groups -OCH3 is 1. The van der Waals surface area contributed by atoms with Crippen molar-refractivity contribution in [2.24, 2.45) is 0 Å². The molecule has 0 saturated carbocycles. The lowest BCUT2D eigenvalue weighted by molar-refractivity contribution is -0.144. The molecule has 9 heteroatoms. The maximum Gasteiger partial charge on any atom is 0.387 e. The van der Waals surface area contributed by atoms with E-state index in [1.807, 2.05) is 30.3 Å². The van der Waals surface area contributed by atoms with Crippen molar-refractivity contribution in [1.29, 1.82) is 0 Å². The normalized spacial score (nSPS) is 10.8.